The number of carbonyl (C=O) groups is 1. The van der Waals surface area contributed by atoms with E-state index >= 15 is 0 Å². The Balaban J connectivity index is 2.07. The number of hydrogen-bond acceptors (Lipinski definition) is 2. The third-order valence-corrected chi connectivity index (χ3v) is 2.36. The van der Waals surface area contributed by atoms with Crippen molar-refractivity contribution in [3.63, 3.8) is 0 Å². The van der Waals surface area contributed by atoms with Crippen molar-refractivity contribution in [1.29, 1.82) is 0 Å². The van der Waals surface area contributed by atoms with Gasteiger partial charge in [0.15, 0.2) is 0 Å². The second-order valence-corrected chi connectivity index (χ2v) is 3.48. The van der Waals surface area contributed by atoms with Crippen LogP contribution in [0.4, 0.5) is 0 Å². The maximum absolute atomic E-state index is 10.1. The normalized spacial score (nSPS) is 19.1. The summed E-state index contributed by atoms with van der Waals surface area (Å²) < 4.78 is 5.12. The number of aliphatic carboxylic acids is 1. The summed E-state index contributed by atoms with van der Waals surface area (Å²) in [7, 11) is 0. The summed E-state index contributed by atoms with van der Waals surface area (Å²) in [6.45, 7) is 0.670. The van der Waals surface area contributed by atoms with E-state index in [1.807, 2.05) is 0 Å². The monoisotopic (exact) mass is 184 g/mol. The molecule has 0 aromatic heterocycles. The molecule has 0 unspecified atom stereocenters. The zero-order chi connectivity index (χ0) is 9.52. The second kappa shape index (κ2) is 5.62. The van der Waals surface area contributed by atoms with Crippen LogP contribution in [0.25, 0.3) is 0 Å². The van der Waals surface area contributed by atoms with Crippen LogP contribution in [0.2, 0.25) is 0 Å². The summed E-state index contributed by atoms with van der Waals surface area (Å²) >= 11 is 0. The number of carboxylic acid groups (broad SMARTS) is 1. The van der Waals surface area contributed by atoms with Gasteiger partial charge in [-0.2, -0.15) is 0 Å². The van der Waals surface area contributed by atoms with Gasteiger partial charge in [0.05, 0.1) is 18.9 Å². The molecule has 0 aromatic rings. The Kier molecular flexibility index (Phi) is 4.36. The van der Waals surface area contributed by atoms with Crippen molar-refractivity contribution in [1.82, 2.24) is 0 Å². The molecule has 1 saturated carbocycles. The maximum atomic E-state index is 10.1. The largest absolute Gasteiger partial charge is 0.501 e. The quantitative estimate of drug-likeness (QED) is 0.538. The van der Waals surface area contributed by atoms with Gasteiger partial charge in [-0.05, 0) is 18.8 Å². The van der Waals surface area contributed by atoms with E-state index in [9.17, 15) is 4.79 Å². The van der Waals surface area contributed by atoms with Gasteiger partial charge in [0.1, 0.15) is 0 Å². The molecule has 74 valence electrons. The van der Waals surface area contributed by atoms with Gasteiger partial charge in [-0.15, -0.1) is 0 Å². The minimum atomic E-state index is -0.955. The van der Waals surface area contributed by atoms with Gasteiger partial charge < -0.3 is 9.84 Å². The number of hydrogen-bond donors (Lipinski definition) is 1. The molecule has 13 heavy (non-hydrogen) atoms. The molecule has 1 fully saturated rings. The smallest absolute Gasteiger partial charge is 0.331 e. The standard InChI is InChI=1S/C10H16O3/c11-10(12)6-7-13-8-9-4-2-1-3-5-9/h6-7,9H,1-5,8H2,(H,11,12)/b7-6+. The fourth-order valence-electron chi connectivity index (χ4n) is 1.65. The topological polar surface area (TPSA) is 46.5 Å². The molecular weight excluding hydrogens is 168 g/mol. The van der Waals surface area contributed by atoms with Gasteiger partial charge in [0, 0.05) is 0 Å². The number of rotatable bonds is 4. The van der Waals surface area contributed by atoms with Crippen LogP contribution < -0.4 is 0 Å². The van der Waals surface area contributed by atoms with E-state index in [4.69, 9.17) is 9.84 Å². The van der Waals surface area contributed by atoms with E-state index in [1.165, 1.54) is 38.4 Å². The molecule has 0 heterocycles. The molecule has 0 atom stereocenters. The van der Waals surface area contributed by atoms with Crippen molar-refractivity contribution in [2.24, 2.45) is 5.92 Å². The molecule has 0 aliphatic heterocycles. The van der Waals surface area contributed by atoms with Crippen molar-refractivity contribution >= 4 is 5.97 Å². The third-order valence-electron chi connectivity index (χ3n) is 2.36. The summed E-state index contributed by atoms with van der Waals surface area (Å²) in [4.78, 5) is 10.1. The summed E-state index contributed by atoms with van der Waals surface area (Å²) in [5, 5.41) is 8.28. The fraction of sp³-hybridized carbons (Fsp3) is 0.700. The highest BCUT2D eigenvalue weighted by Gasteiger charge is 2.12. The first-order valence-corrected chi connectivity index (χ1v) is 4.80. The van der Waals surface area contributed by atoms with Crippen LogP contribution in [-0.2, 0) is 9.53 Å². The van der Waals surface area contributed by atoms with Gasteiger partial charge in [0.2, 0.25) is 0 Å². The molecule has 0 saturated heterocycles. The first-order chi connectivity index (χ1) is 6.29. The average Bonchev–Trinajstić information content (AvgIpc) is 2.14. The maximum Gasteiger partial charge on any atom is 0.331 e. The molecule has 0 spiro atoms. The zero-order valence-electron chi connectivity index (χ0n) is 7.74. The molecule has 1 aliphatic rings. The van der Waals surface area contributed by atoms with E-state index in [1.54, 1.807) is 0 Å². The first-order valence-electron chi connectivity index (χ1n) is 4.80. The fourth-order valence-corrected chi connectivity index (χ4v) is 1.65. The third kappa shape index (κ3) is 4.55. The minimum Gasteiger partial charge on any atom is -0.501 e. The Morgan fingerprint density at radius 2 is 2.08 bits per heavy atom. The molecular formula is C10H16O3. The average molecular weight is 184 g/mol. The Morgan fingerprint density at radius 3 is 2.69 bits per heavy atom. The van der Waals surface area contributed by atoms with Gasteiger partial charge >= 0.3 is 5.97 Å². The van der Waals surface area contributed by atoms with E-state index in [0.29, 0.717) is 12.5 Å². The Labute approximate surface area is 78.4 Å². The highest BCUT2D eigenvalue weighted by atomic mass is 16.5. The zero-order valence-corrected chi connectivity index (χ0v) is 7.74. The van der Waals surface area contributed by atoms with Crippen LogP contribution >= 0.6 is 0 Å². The van der Waals surface area contributed by atoms with Crippen LogP contribution in [0.3, 0.4) is 0 Å². The van der Waals surface area contributed by atoms with Crippen LogP contribution in [0.1, 0.15) is 32.1 Å². The van der Waals surface area contributed by atoms with Crippen molar-refractivity contribution in [2.45, 2.75) is 32.1 Å². The summed E-state index contributed by atoms with van der Waals surface area (Å²) in [6, 6.07) is 0. The van der Waals surface area contributed by atoms with Crippen LogP contribution in [0.5, 0.6) is 0 Å². The molecule has 1 rings (SSSR count). The van der Waals surface area contributed by atoms with Crippen molar-refractivity contribution < 1.29 is 14.6 Å². The van der Waals surface area contributed by atoms with E-state index < -0.39 is 5.97 Å². The van der Waals surface area contributed by atoms with Crippen LogP contribution in [-0.4, -0.2) is 17.7 Å². The van der Waals surface area contributed by atoms with E-state index in [-0.39, 0.29) is 0 Å². The molecule has 1 aliphatic carbocycles. The molecule has 1 N–H and O–H groups in total. The lowest BCUT2D eigenvalue weighted by Crippen LogP contribution is -2.11. The van der Waals surface area contributed by atoms with Gasteiger partial charge in [-0.3, -0.25) is 0 Å². The lowest BCUT2D eigenvalue weighted by molar-refractivity contribution is -0.131. The Morgan fingerprint density at radius 1 is 1.38 bits per heavy atom. The Hall–Kier alpha value is -0.990. The summed E-state index contributed by atoms with van der Waals surface area (Å²) in [5.41, 5.74) is 0. The second-order valence-electron chi connectivity index (χ2n) is 3.48. The molecule has 3 nitrogen and oxygen atoms in total. The lowest BCUT2D eigenvalue weighted by Gasteiger charge is -2.20. The molecule has 3 heteroatoms. The highest BCUT2D eigenvalue weighted by molar-refractivity contribution is 5.79. The SMILES string of the molecule is O=C(O)/C=C/OCC1CCCCC1. The molecule has 0 aromatic carbocycles. The number of carboxylic acids is 1. The van der Waals surface area contributed by atoms with Crippen molar-refractivity contribution in [3.8, 4) is 0 Å². The summed E-state index contributed by atoms with van der Waals surface area (Å²) in [5.74, 6) is -0.323. The number of ether oxygens (including phenoxy) is 1. The minimum absolute atomic E-state index is 0.632. The molecule has 0 radical (unpaired) electrons. The molecule has 0 amide bonds. The predicted molar refractivity (Wildman–Crippen MR) is 49.3 cm³/mol. The van der Waals surface area contributed by atoms with Gasteiger partial charge in [-0.1, -0.05) is 19.3 Å². The van der Waals surface area contributed by atoms with E-state index in [0.717, 1.165) is 6.08 Å². The van der Waals surface area contributed by atoms with Crippen molar-refractivity contribution in [2.75, 3.05) is 6.61 Å². The van der Waals surface area contributed by atoms with Crippen molar-refractivity contribution in [3.05, 3.63) is 12.3 Å². The van der Waals surface area contributed by atoms with Crippen LogP contribution in [0, 0.1) is 5.92 Å². The van der Waals surface area contributed by atoms with E-state index in [2.05, 4.69) is 0 Å². The predicted octanol–water partition coefficient (Wildman–Crippen LogP) is 2.18. The Bertz CT molecular complexity index is 181. The van der Waals surface area contributed by atoms with Gasteiger partial charge in [-0.25, -0.2) is 4.79 Å². The van der Waals surface area contributed by atoms with Crippen LogP contribution in [0.15, 0.2) is 12.3 Å². The van der Waals surface area contributed by atoms with Gasteiger partial charge in [0.25, 0.3) is 0 Å². The first kappa shape index (κ1) is 10.1. The lowest BCUT2D eigenvalue weighted by atomic mass is 9.90. The summed E-state index contributed by atoms with van der Waals surface area (Å²) in [6.07, 6.45) is 8.66. The molecule has 0 bridgehead atoms. The highest BCUT2D eigenvalue weighted by Crippen LogP contribution is 2.23.